The Labute approximate surface area is 171 Å². The second-order valence-corrected chi connectivity index (χ2v) is 7.04. The molecule has 0 N–H and O–H groups in total. The number of carbonyl (C=O) groups excluding carboxylic acids is 1. The summed E-state index contributed by atoms with van der Waals surface area (Å²) in [4.78, 5) is 38.2. The molecule has 1 unspecified atom stereocenters. The second kappa shape index (κ2) is 8.32. The Kier molecular flexibility index (Phi) is 5.42. The average Bonchev–Trinajstić information content (AvgIpc) is 3.25. The molecule has 152 valence electrons. The van der Waals surface area contributed by atoms with E-state index in [1.165, 1.54) is 24.3 Å². The third-order valence-electron chi connectivity index (χ3n) is 5.10. The van der Waals surface area contributed by atoms with E-state index in [9.17, 15) is 19.3 Å². The molecule has 0 saturated carbocycles. The summed E-state index contributed by atoms with van der Waals surface area (Å²) in [7, 11) is 0. The predicted octanol–water partition coefficient (Wildman–Crippen LogP) is 3.14. The number of hydrogen-bond acceptors (Lipinski definition) is 6. The van der Waals surface area contributed by atoms with E-state index in [-0.39, 0.29) is 35.4 Å². The standard InChI is InChI=1S/C21H18FN5O3/c22-16-4-2-14(3-5-16)17-6-7-19(27(29)30)18(25-17)12-20(28)26-11-8-15(13-26)21-23-9-1-10-24-21/h1-7,9-10,15H,8,11-13H2. The summed E-state index contributed by atoms with van der Waals surface area (Å²) in [5.74, 6) is 0.112. The van der Waals surface area contributed by atoms with Gasteiger partial charge in [-0.05, 0) is 42.8 Å². The lowest BCUT2D eigenvalue weighted by Crippen LogP contribution is -2.30. The smallest absolute Gasteiger partial charge is 0.291 e. The van der Waals surface area contributed by atoms with Gasteiger partial charge >= 0.3 is 0 Å². The highest BCUT2D eigenvalue weighted by molar-refractivity contribution is 5.80. The highest BCUT2D eigenvalue weighted by Crippen LogP contribution is 2.27. The third kappa shape index (κ3) is 4.14. The first-order valence-electron chi connectivity index (χ1n) is 9.46. The fraction of sp³-hybridized carbons (Fsp3) is 0.238. The van der Waals surface area contributed by atoms with E-state index < -0.39 is 4.92 Å². The maximum absolute atomic E-state index is 13.2. The number of amides is 1. The van der Waals surface area contributed by atoms with Gasteiger partial charge in [-0.15, -0.1) is 0 Å². The van der Waals surface area contributed by atoms with Crippen LogP contribution in [0.3, 0.4) is 0 Å². The van der Waals surface area contributed by atoms with Gasteiger partial charge in [0.1, 0.15) is 17.3 Å². The molecule has 1 aliphatic rings. The summed E-state index contributed by atoms with van der Waals surface area (Å²) in [6, 6.07) is 10.2. The van der Waals surface area contributed by atoms with Gasteiger partial charge in [0, 0.05) is 43.0 Å². The number of halogens is 1. The van der Waals surface area contributed by atoms with E-state index in [2.05, 4.69) is 15.0 Å². The number of nitro groups is 1. The van der Waals surface area contributed by atoms with Crippen molar-refractivity contribution in [2.45, 2.75) is 18.8 Å². The average molecular weight is 407 g/mol. The molecule has 1 saturated heterocycles. The van der Waals surface area contributed by atoms with E-state index in [0.29, 0.717) is 30.2 Å². The minimum atomic E-state index is -0.547. The molecule has 0 radical (unpaired) electrons. The lowest BCUT2D eigenvalue weighted by atomic mass is 10.1. The number of hydrogen-bond donors (Lipinski definition) is 0. The molecule has 0 spiro atoms. The molecule has 8 nitrogen and oxygen atoms in total. The molecule has 0 bridgehead atoms. The first-order valence-corrected chi connectivity index (χ1v) is 9.46. The van der Waals surface area contributed by atoms with Crippen LogP contribution in [0.1, 0.15) is 23.9 Å². The Morgan fingerprint density at radius 2 is 1.90 bits per heavy atom. The monoisotopic (exact) mass is 407 g/mol. The van der Waals surface area contributed by atoms with Crippen molar-refractivity contribution in [3.8, 4) is 11.3 Å². The minimum absolute atomic E-state index is 0.0450. The van der Waals surface area contributed by atoms with Crippen LogP contribution in [0.4, 0.5) is 10.1 Å². The van der Waals surface area contributed by atoms with Crippen LogP contribution in [0.5, 0.6) is 0 Å². The fourth-order valence-corrected chi connectivity index (χ4v) is 3.55. The number of pyridine rings is 1. The summed E-state index contributed by atoms with van der Waals surface area (Å²) in [5, 5.41) is 11.4. The summed E-state index contributed by atoms with van der Waals surface area (Å²) < 4.78 is 13.2. The summed E-state index contributed by atoms with van der Waals surface area (Å²) in [6.45, 7) is 1.00. The highest BCUT2D eigenvalue weighted by atomic mass is 19.1. The molecule has 9 heteroatoms. The van der Waals surface area contributed by atoms with Crippen molar-refractivity contribution in [1.82, 2.24) is 19.9 Å². The van der Waals surface area contributed by atoms with Crippen molar-refractivity contribution < 1.29 is 14.1 Å². The Balaban J connectivity index is 1.54. The van der Waals surface area contributed by atoms with Crippen LogP contribution in [0.2, 0.25) is 0 Å². The van der Waals surface area contributed by atoms with Crippen molar-refractivity contribution in [2.75, 3.05) is 13.1 Å². The van der Waals surface area contributed by atoms with E-state index in [4.69, 9.17) is 0 Å². The molecule has 1 fully saturated rings. The summed E-state index contributed by atoms with van der Waals surface area (Å²) >= 11 is 0. The zero-order valence-corrected chi connectivity index (χ0v) is 15.9. The largest absolute Gasteiger partial charge is 0.342 e. The Bertz CT molecular complexity index is 1080. The Morgan fingerprint density at radius 1 is 1.17 bits per heavy atom. The molecule has 1 amide bonds. The number of aromatic nitrogens is 3. The van der Waals surface area contributed by atoms with Crippen LogP contribution in [0, 0.1) is 15.9 Å². The van der Waals surface area contributed by atoms with Crippen LogP contribution in [0.25, 0.3) is 11.3 Å². The molecular weight excluding hydrogens is 389 g/mol. The highest BCUT2D eigenvalue weighted by Gasteiger charge is 2.30. The molecular formula is C21H18FN5O3. The molecule has 1 aromatic carbocycles. The first kappa shape index (κ1) is 19.6. The second-order valence-electron chi connectivity index (χ2n) is 7.04. The van der Waals surface area contributed by atoms with Crippen molar-refractivity contribution in [3.63, 3.8) is 0 Å². The summed E-state index contributed by atoms with van der Waals surface area (Å²) in [5.41, 5.74) is 0.936. The van der Waals surface area contributed by atoms with Gasteiger partial charge in [0.25, 0.3) is 5.69 Å². The Morgan fingerprint density at radius 3 is 2.60 bits per heavy atom. The van der Waals surface area contributed by atoms with Crippen LogP contribution in [0.15, 0.2) is 54.9 Å². The lowest BCUT2D eigenvalue weighted by molar-refractivity contribution is -0.385. The molecule has 30 heavy (non-hydrogen) atoms. The fourth-order valence-electron chi connectivity index (χ4n) is 3.55. The van der Waals surface area contributed by atoms with Crippen LogP contribution in [-0.4, -0.2) is 43.8 Å². The molecule has 1 aliphatic heterocycles. The van der Waals surface area contributed by atoms with Gasteiger partial charge in [0.15, 0.2) is 0 Å². The normalized spacial score (nSPS) is 15.9. The van der Waals surface area contributed by atoms with Gasteiger partial charge in [-0.2, -0.15) is 0 Å². The molecule has 4 rings (SSSR count). The van der Waals surface area contributed by atoms with E-state index in [0.717, 1.165) is 6.42 Å². The number of rotatable bonds is 5. The molecule has 0 aliphatic carbocycles. The third-order valence-corrected chi connectivity index (χ3v) is 5.10. The lowest BCUT2D eigenvalue weighted by Gasteiger charge is -2.16. The van der Waals surface area contributed by atoms with Gasteiger partial charge in [-0.25, -0.2) is 19.3 Å². The zero-order valence-electron chi connectivity index (χ0n) is 15.9. The zero-order chi connectivity index (χ0) is 21.1. The maximum Gasteiger partial charge on any atom is 0.291 e. The van der Waals surface area contributed by atoms with Gasteiger partial charge in [-0.3, -0.25) is 14.9 Å². The van der Waals surface area contributed by atoms with Crippen LogP contribution >= 0.6 is 0 Å². The van der Waals surface area contributed by atoms with Crippen molar-refractivity contribution in [3.05, 3.63) is 82.3 Å². The van der Waals surface area contributed by atoms with Crippen molar-refractivity contribution in [2.24, 2.45) is 0 Å². The van der Waals surface area contributed by atoms with Crippen LogP contribution < -0.4 is 0 Å². The van der Waals surface area contributed by atoms with Crippen LogP contribution in [-0.2, 0) is 11.2 Å². The minimum Gasteiger partial charge on any atom is -0.342 e. The number of likely N-dealkylation sites (tertiary alicyclic amines) is 1. The topological polar surface area (TPSA) is 102 Å². The quantitative estimate of drug-likeness (QED) is 0.476. The van der Waals surface area contributed by atoms with E-state index >= 15 is 0 Å². The predicted molar refractivity (Wildman–Crippen MR) is 106 cm³/mol. The first-order chi connectivity index (χ1) is 14.5. The Hall–Kier alpha value is -3.75. The summed E-state index contributed by atoms with van der Waals surface area (Å²) in [6.07, 6.45) is 3.89. The number of benzene rings is 1. The van der Waals surface area contributed by atoms with Crippen molar-refractivity contribution >= 4 is 11.6 Å². The van der Waals surface area contributed by atoms with E-state index in [1.807, 2.05) is 0 Å². The van der Waals surface area contributed by atoms with E-state index in [1.54, 1.807) is 35.5 Å². The maximum atomic E-state index is 13.2. The molecule has 3 heterocycles. The van der Waals surface area contributed by atoms with Gasteiger partial charge in [0.2, 0.25) is 5.91 Å². The molecule has 2 aromatic heterocycles. The number of carbonyl (C=O) groups is 1. The molecule has 3 aromatic rings. The molecule has 1 atom stereocenters. The SMILES string of the molecule is O=C(Cc1nc(-c2ccc(F)cc2)ccc1[N+](=O)[O-])N1CCC(c2ncccn2)C1. The van der Waals surface area contributed by atoms with Gasteiger partial charge in [0.05, 0.1) is 17.0 Å². The van der Waals surface area contributed by atoms with Gasteiger partial charge in [-0.1, -0.05) is 0 Å². The van der Waals surface area contributed by atoms with Gasteiger partial charge < -0.3 is 4.90 Å². The number of nitrogens with zero attached hydrogens (tertiary/aromatic N) is 5. The van der Waals surface area contributed by atoms with Crippen molar-refractivity contribution in [1.29, 1.82) is 0 Å².